The fourth-order valence-electron chi connectivity index (χ4n) is 2.94. The van der Waals surface area contributed by atoms with Gasteiger partial charge in [-0.25, -0.2) is 0 Å². The largest absolute Gasteiger partial charge is 0.497 e. The Morgan fingerprint density at radius 2 is 1.90 bits per heavy atom. The summed E-state index contributed by atoms with van der Waals surface area (Å²) in [5.74, 6) is 0.936. The van der Waals surface area contributed by atoms with Gasteiger partial charge in [-0.05, 0) is 64.4 Å². The quantitative estimate of drug-likeness (QED) is 0.893. The summed E-state index contributed by atoms with van der Waals surface area (Å²) in [6, 6.07) is 10.0. The van der Waals surface area contributed by atoms with Gasteiger partial charge in [-0.3, -0.25) is 0 Å². The molecule has 0 radical (unpaired) electrons. The first-order valence-electron chi connectivity index (χ1n) is 7.74. The van der Waals surface area contributed by atoms with Crippen molar-refractivity contribution < 1.29 is 4.74 Å². The zero-order chi connectivity index (χ0) is 14.5. The number of methoxy groups -OCH3 is 1. The molecule has 1 aromatic rings. The van der Waals surface area contributed by atoms with E-state index in [0.717, 1.165) is 5.75 Å². The van der Waals surface area contributed by atoms with Crippen LogP contribution in [0, 0.1) is 0 Å². The SMILES string of the molecule is COc1cccc([C@H](C)NC2CCN(C(C)C)CC2)c1. The van der Waals surface area contributed by atoms with Crippen LogP contribution >= 0.6 is 0 Å². The van der Waals surface area contributed by atoms with Crippen LogP contribution < -0.4 is 10.1 Å². The highest BCUT2D eigenvalue weighted by molar-refractivity contribution is 5.30. The molecule has 20 heavy (non-hydrogen) atoms. The molecule has 0 aliphatic carbocycles. The predicted octanol–water partition coefficient (Wildman–Crippen LogP) is 3.22. The van der Waals surface area contributed by atoms with Gasteiger partial charge in [0, 0.05) is 18.1 Å². The second-order valence-electron chi connectivity index (χ2n) is 6.07. The highest BCUT2D eigenvalue weighted by Gasteiger charge is 2.22. The minimum Gasteiger partial charge on any atom is -0.497 e. The number of benzene rings is 1. The van der Waals surface area contributed by atoms with E-state index in [1.165, 1.54) is 31.5 Å². The van der Waals surface area contributed by atoms with Crippen molar-refractivity contribution >= 4 is 0 Å². The average Bonchev–Trinajstić information content (AvgIpc) is 2.47. The summed E-state index contributed by atoms with van der Waals surface area (Å²) in [6.45, 7) is 9.23. The van der Waals surface area contributed by atoms with Gasteiger partial charge in [-0.2, -0.15) is 0 Å². The van der Waals surface area contributed by atoms with Crippen molar-refractivity contribution in [2.75, 3.05) is 20.2 Å². The predicted molar refractivity (Wildman–Crippen MR) is 84.3 cm³/mol. The van der Waals surface area contributed by atoms with Gasteiger partial charge < -0.3 is 15.0 Å². The van der Waals surface area contributed by atoms with Crippen LogP contribution in [0.3, 0.4) is 0 Å². The number of rotatable bonds is 5. The van der Waals surface area contributed by atoms with Crippen molar-refractivity contribution in [3.8, 4) is 5.75 Å². The number of ether oxygens (including phenoxy) is 1. The summed E-state index contributed by atoms with van der Waals surface area (Å²) in [5, 5.41) is 3.76. The first-order chi connectivity index (χ1) is 9.60. The van der Waals surface area contributed by atoms with Gasteiger partial charge in [0.2, 0.25) is 0 Å². The Morgan fingerprint density at radius 1 is 1.20 bits per heavy atom. The van der Waals surface area contributed by atoms with Crippen LogP contribution in [0.5, 0.6) is 5.75 Å². The van der Waals surface area contributed by atoms with E-state index in [1.54, 1.807) is 7.11 Å². The number of likely N-dealkylation sites (tertiary alicyclic amines) is 1. The first kappa shape index (κ1) is 15.3. The second-order valence-corrected chi connectivity index (χ2v) is 6.07. The van der Waals surface area contributed by atoms with Crippen molar-refractivity contribution in [2.24, 2.45) is 0 Å². The summed E-state index contributed by atoms with van der Waals surface area (Å²) in [7, 11) is 1.72. The van der Waals surface area contributed by atoms with Crippen molar-refractivity contribution in [3.63, 3.8) is 0 Å². The Bertz CT molecular complexity index is 411. The highest BCUT2D eigenvalue weighted by atomic mass is 16.5. The monoisotopic (exact) mass is 276 g/mol. The number of piperidine rings is 1. The maximum absolute atomic E-state index is 5.30. The van der Waals surface area contributed by atoms with Crippen LogP contribution in [0.25, 0.3) is 0 Å². The Balaban J connectivity index is 1.87. The summed E-state index contributed by atoms with van der Waals surface area (Å²) >= 11 is 0. The lowest BCUT2D eigenvalue weighted by Gasteiger charge is -2.36. The Hall–Kier alpha value is -1.06. The molecule has 0 unspecified atom stereocenters. The summed E-state index contributed by atoms with van der Waals surface area (Å²) in [6.07, 6.45) is 2.49. The second kappa shape index (κ2) is 7.09. The van der Waals surface area contributed by atoms with Gasteiger partial charge in [0.15, 0.2) is 0 Å². The fourth-order valence-corrected chi connectivity index (χ4v) is 2.94. The van der Waals surface area contributed by atoms with E-state index < -0.39 is 0 Å². The summed E-state index contributed by atoms with van der Waals surface area (Å²) < 4.78 is 5.30. The lowest BCUT2D eigenvalue weighted by atomic mass is 10.0. The van der Waals surface area contributed by atoms with Crippen LogP contribution in [0.15, 0.2) is 24.3 Å². The van der Waals surface area contributed by atoms with Gasteiger partial charge in [0.25, 0.3) is 0 Å². The molecule has 1 saturated heterocycles. The maximum Gasteiger partial charge on any atom is 0.119 e. The zero-order valence-corrected chi connectivity index (χ0v) is 13.2. The van der Waals surface area contributed by atoms with Crippen molar-refractivity contribution in [3.05, 3.63) is 29.8 Å². The van der Waals surface area contributed by atoms with Crippen LogP contribution in [-0.2, 0) is 0 Å². The Labute approximate surface area is 123 Å². The van der Waals surface area contributed by atoms with E-state index >= 15 is 0 Å². The van der Waals surface area contributed by atoms with E-state index in [-0.39, 0.29) is 0 Å². The molecule has 1 heterocycles. The van der Waals surface area contributed by atoms with Gasteiger partial charge in [-0.1, -0.05) is 12.1 Å². The number of nitrogens with one attached hydrogen (secondary N) is 1. The molecule has 3 heteroatoms. The molecule has 112 valence electrons. The molecule has 1 aliphatic rings. The van der Waals surface area contributed by atoms with Crippen LogP contribution in [0.2, 0.25) is 0 Å². The number of nitrogens with zero attached hydrogens (tertiary/aromatic N) is 1. The van der Waals surface area contributed by atoms with E-state index in [9.17, 15) is 0 Å². The number of hydrogen-bond acceptors (Lipinski definition) is 3. The number of hydrogen-bond donors (Lipinski definition) is 1. The molecule has 1 fully saturated rings. The normalized spacial score (nSPS) is 19.2. The smallest absolute Gasteiger partial charge is 0.119 e. The molecule has 2 rings (SSSR count). The third kappa shape index (κ3) is 3.97. The van der Waals surface area contributed by atoms with Crippen molar-refractivity contribution in [2.45, 2.75) is 51.7 Å². The van der Waals surface area contributed by atoms with E-state index in [2.05, 4.69) is 49.2 Å². The Morgan fingerprint density at radius 3 is 2.50 bits per heavy atom. The van der Waals surface area contributed by atoms with Gasteiger partial charge in [-0.15, -0.1) is 0 Å². The van der Waals surface area contributed by atoms with Gasteiger partial charge in [0.1, 0.15) is 5.75 Å². The molecule has 1 N–H and O–H groups in total. The first-order valence-corrected chi connectivity index (χ1v) is 7.74. The lowest BCUT2D eigenvalue weighted by molar-refractivity contribution is 0.157. The molecule has 1 aromatic carbocycles. The molecule has 3 nitrogen and oxygen atoms in total. The molecular formula is C17H28N2O. The third-order valence-corrected chi connectivity index (χ3v) is 4.34. The van der Waals surface area contributed by atoms with Crippen LogP contribution in [-0.4, -0.2) is 37.2 Å². The molecular weight excluding hydrogens is 248 g/mol. The third-order valence-electron chi connectivity index (χ3n) is 4.34. The minimum atomic E-state index is 0.376. The molecule has 1 aliphatic heterocycles. The zero-order valence-electron chi connectivity index (χ0n) is 13.2. The molecule has 0 saturated carbocycles. The lowest BCUT2D eigenvalue weighted by Crippen LogP contribution is -2.45. The summed E-state index contributed by atoms with van der Waals surface area (Å²) in [4.78, 5) is 2.56. The van der Waals surface area contributed by atoms with Crippen molar-refractivity contribution in [1.29, 1.82) is 0 Å². The molecule has 0 spiro atoms. The van der Waals surface area contributed by atoms with Gasteiger partial charge >= 0.3 is 0 Å². The summed E-state index contributed by atoms with van der Waals surface area (Å²) in [5.41, 5.74) is 1.30. The van der Waals surface area contributed by atoms with Crippen LogP contribution in [0.1, 0.15) is 45.2 Å². The Kier molecular flexibility index (Phi) is 5.44. The average molecular weight is 276 g/mol. The van der Waals surface area contributed by atoms with Crippen molar-refractivity contribution in [1.82, 2.24) is 10.2 Å². The highest BCUT2D eigenvalue weighted by Crippen LogP contribution is 2.21. The molecule has 1 atom stereocenters. The van der Waals surface area contributed by atoms with E-state index in [1.807, 2.05) is 6.07 Å². The van der Waals surface area contributed by atoms with E-state index in [0.29, 0.717) is 18.1 Å². The standard InChI is InChI=1S/C17H28N2O/c1-13(2)19-10-8-16(9-11-19)18-14(3)15-6-5-7-17(12-15)20-4/h5-7,12-14,16,18H,8-11H2,1-4H3/t14-/m0/s1. The topological polar surface area (TPSA) is 24.5 Å². The van der Waals surface area contributed by atoms with E-state index in [4.69, 9.17) is 4.74 Å². The minimum absolute atomic E-state index is 0.376. The van der Waals surface area contributed by atoms with Crippen LogP contribution in [0.4, 0.5) is 0 Å². The molecule has 0 amide bonds. The maximum atomic E-state index is 5.30. The fraction of sp³-hybridized carbons (Fsp3) is 0.647. The molecule has 0 aromatic heterocycles. The van der Waals surface area contributed by atoms with Gasteiger partial charge in [0.05, 0.1) is 7.11 Å². The molecule has 0 bridgehead atoms.